The van der Waals surface area contributed by atoms with E-state index in [1.54, 1.807) is 0 Å². The average Bonchev–Trinajstić information content (AvgIpc) is 2.14. The van der Waals surface area contributed by atoms with Gasteiger partial charge in [0.05, 0.1) is 0 Å². The van der Waals surface area contributed by atoms with Crippen LogP contribution in [0.5, 0.6) is 0 Å². The third-order valence-electron chi connectivity index (χ3n) is 3.09. The molecule has 94 valence electrons. The van der Waals surface area contributed by atoms with Gasteiger partial charge in [0.15, 0.2) is 0 Å². The maximum Gasteiger partial charge on any atom is 0.0224 e. The van der Waals surface area contributed by atoms with E-state index in [4.69, 9.17) is 0 Å². The maximum atomic E-state index is 4.03. The van der Waals surface area contributed by atoms with Gasteiger partial charge in [-0.2, -0.15) is 0 Å². The fraction of sp³-hybridized carbons (Fsp3) is 0.857. The zero-order chi connectivity index (χ0) is 12.2. The molecular weight excluding hydrogens is 196 g/mol. The lowest BCUT2D eigenvalue weighted by molar-refractivity contribution is 0.151. The van der Waals surface area contributed by atoms with Gasteiger partial charge in [-0.1, -0.05) is 18.6 Å². The minimum Gasteiger partial charge on any atom is -0.311 e. The number of hydrogen-bond donors (Lipinski definition) is 1. The molecule has 0 saturated carbocycles. The van der Waals surface area contributed by atoms with Crippen molar-refractivity contribution in [1.29, 1.82) is 0 Å². The van der Waals surface area contributed by atoms with Crippen molar-refractivity contribution < 1.29 is 0 Å². The van der Waals surface area contributed by atoms with Gasteiger partial charge in [0.2, 0.25) is 0 Å². The summed E-state index contributed by atoms with van der Waals surface area (Å²) in [6, 6.07) is 0.699. The van der Waals surface area contributed by atoms with Gasteiger partial charge in [0, 0.05) is 24.7 Å². The molecule has 0 radical (unpaired) electrons. The van der Waals surface area contributed by atoms with Crippen molar-refractivity contribution in [3.8, 4) is 0 Å². The molecule has 1 saturated heterocycles. The van der Waals surface area contributed by atoms with Crippen LogP contribution in [-0.2, 0) is 0 Å². The second-order valence-corrected chi connectivity index (χ2v) is 6.21. The van der Waals surface area contributed by atoms with Crippen LogP contribution in [0.3, 0.4) is 0 Å². The summed E-state index contributed by atoms with van der Waals surface area (Å²) in [6.07, 6.45) is 4.05. The lowest BCUT2D eigenvalue weighted by atomic mass is 10.00. The Bertz CT molecular complexity index is 227. The molecule has 0 aliphatic carbocycles. The lowest BCUT2D eigenvalue weighted by Gasteiger charge is -2.37. The maximum absolute atomic E-state index is 4.03. The van der Waals surface area contributed by atoms with E-state index < -0.39 is 0 Å². The summed E-state index contributed by atoms with van der Waals surface area (Å²) in [6.45, 7) is 16.3. The summed E-state index contributed by atoms with van der Waals surface area (Å²) in [7, 11) is 0. The summed E-state index contributed by atoms with van der Waals surface area (Å²) >= 11 is 0. The number of nitrogens with zero attached hydrogens (tertiary/aromatic N) is 1. The highest BCUT2D eigenvalue weighted by Gasteiger charge is 2.23. The van der Waals surface area contributed by atoms with Gasteiger partial charge in [-0.25, -0.2) is 0 Å². The number of rotatable bonds is 4. The Morgan fingerprint density at radius 1 is 1.38 bits per heavy atom. The molecule has 1 aliphatic rings. The Labute approximate surface area is 101 Å². The van der Waals surface area contributed by atoms with Gasteiger partial charge in [0.1, 0.15) is 0 Å². The van der Waals surface area contributed by atoms with E-state index >= 15 is 0 Å². The van der Waals surface area contributed by atoms with Crippen LogP contribution in [-0.4, -0.2) is 36.1 Å². The van der Waals surface area contributed by atoms with Crippen molar-refractivity contribution >= 4 is 0 Å². The molecule has 1 rings (SSSR count). The van der Waals surface area contributed by atoms with E-state index in [-0.39, 0.29) is 5.54 Å². The van der Waals surface area contributed by atoms with Crippen LogP contribution in [0.1, 0.15) is 47.0 Å². The van der Waals surface area contributed by atoms with Crippen LogP contribution in [0.15, 0.2) is 12.2 Å². The molecule has 1 atom stereocenters. The van der Waals surface area contributed by atoms with Crippen molar-refractivity contribution in [1.82, 2.24) is 10.2 Å². The fourth-order valence-corrected chi connectivity index (χ4v) is 2.27. The molecule has 0 aromatic carbocycles. The third-order valence-corrected chi connectivity index (χ3v) is 3.09. The summed E-state index contributed by atoms with van der Waals surface area (Å²) < 4.78 is 0. The monoisotopic (exact) mass is 224 g/mol. The number of piperidine rings is 1. The van der Waals surface area contributed by atoms with Crippen LogP contribution >= 0.6 is 0 Å². The summed E-state index contributed by atoms with van der Waals surface area (Å²) in [5.41, 5.74) is 1.51. The molecule has 0 spiro atoms. The highest BCUT2D eigenvalue weighted by Crippen LogP contribution is 2.18. The van der Waals surface area contributed by atoms with Crippen molar-refractivity contribution in [3.05, 3.63) is 12.2 Å². The van der Waals surface area contributed by atoms with Crippen LogP contribution in [0.25, 0.3) is 0 Å². The molecule has 1 aliphatic heterocycles. The zero-order valence-corrected chi connectivity index (χ0v) is 11.5. The summed E-state index contributed by atoms with van der Waals surface area (Å²) in [5, 5.41) is 3.62. The molecule has 2 nitrogen and oxygen atoms in total. The predicted octanol–water partition coefficient (Wildman–Crippen LogP) is 2.81. The van der Waals surface area contributed by atoms with Crippen LogP contribution in [0.4, 0.5) is 0 Å². The van der Waals surface area contributed by atoms with E-state index in [1.807, 2.05) is 0 Å². The first-order valence-electron chi connectivity index (χ1n) is 6.52. The predicted molar refractivity (Wildman–Crippen MR) is 71.8 cm³/mol. The van der Waals surface area contributed by atoms with E-state index in [0.29, 0.717) is 6.04 Å². The van der Waals surface area contributed by atoms with Crippen molar-refractivity contribution in [2.45, 2.75) is 58.5 Å². The van der Waals surface area contributed by atoms with Gasteiger partial charge < -0.3 is 5.32 Å². The van der Waals surface area contributed by atoms with Crippen LogP contribution < -0.4 is 5.32 Å². The molecule has 0 amide bonds. The normalized spacial score (nSPS) is 23.4. The second-order valence-electron chi connectivity index (χ2n) is 6.21. The molecule has 0 aromatic rings. The van der Waals surface area contributed by atoms with E-state index in [1.165, 1.54) is 31.4 Å². The Morgan fingerprint density at radius 3 is 2.62 bits per heavy atom. The van der Waals surface area contributed by atoms with Gasteiger partial charge >= 0.3 is 0 Å². The lowest BCUT2D eigenvalue weighted by Crippen LogP contribution is -2.49. The average molecular weight is 224 g/mol. The van der Waals surface area contributed by atoms with Gasteiger partial charge in [0.25, 0.3) is 0 Å². The van der Waals surface area contributed by atoms with Crippen LogP contribution in [0, 0.1) is 0 Å². The first-order valence-corrected chi connectivity index (χ1v) is 6.52. The van der Waals surface area contributed by atoms with Gasteiger partial charge in [-0.05, 0) is 47.1 Å². The first kappa shape index (κ1) is 13.7. The van der Waals surface area contributed by atoms with Crippen molar-refractivity contribution in [3.63, 3.8) is 0 Å². The quantitative estimate of drug-likeness (QED) is 0.739. The molecule has 1 N–H and O–H groups in total. The summed E-state index contributed by atoms with van der Waals surface area (Å²) in [4.78, 5) is 2.59. The van der Waals surface area contributed by atoms with Crippen LogP contribution in [0.2, 0.25) is 0 Å². The zero-order valence-electron chi connectivity index (χ0n) is 11.5. The Hall–Kier alpha value is -0.340. The molecule has 1 heterocycles. The van der Waals surface area contributed by atoms with Gasteiger partial charge in [-0.3, -0.25) is 4.90 Å². The third kappa shape index (κ3) is 5.13. The second kappa shape index (κ2) is 5.83. The Balaban J connectivity index is 2.44. The molecule has 16 heavy (non-hydrogen) atoms. The van der Waals surface area contributed by atoms with E-state index in [2.05, 4.69) is 44.5 Å². The van der Waals surface area contributed by atoms with Crippen molar-refractivity contribution in [2.75, 3.05) is 19.6 Å². The van der Waals surface area contributed by atoms with Gasteiger partial charge in [-0.15, -0.1) is 0 Å². The topological polar surface area (TPSA) is 15.3 Å². The highest BCUT2D eigenvalue weighted by molar-refractivity contribution is 4.95. The number of likely N-dealkylation sites (tertiary alicyclic amines) is 1. The molecular formula is C14H28N2. The van der Waals surface area contributed by atoms with E-state index in [0.717, 1.165) is 13.1 Å². The highest BCUT2D eigenvalue weighted by atomic mass is 15.2. The molecule has 1 fully saturated rings. The number of nitrogens with one attached hydrogen (secondary N) is 1. The molecule has 1 unspecified atom stereocenters. The molecule has 2 heteroatoms. The smallest absolute Gasteiger partial charge is 0.0224 e. The standard InChI is InChI=1S/C14H28N2/c1-12(2)11-16-9-7-6-8-13(16)10-15-14(3,4)5/h13,15H,1,6-11H2,2-5H3. The minimum atomic E-state index is 0.229. The fourth-order valence-electron chi connectivity index (χ4n) is 2.27. The van der Waals surface area contributed by atoms with Crippen molar-refractivity contribution in [2.24, 2.45) is 0 Å². The largest absolute Gasteiger partial charge is 0.311 e. The minimum absolute atomic E-state index is 0.229. The Morgan fingerprint density at radius 2 is 2.06 bits per heavy atom. The molecule has 0 bridgehead atoms. The Kier molecular flexibility index (Phi) is 5.00. The summed E-state index contributed by atoms with van der Waals surface area (Å²) in [5.74, 6) is 0. The molecule has 0 aromatic heterocycles. The SMILES string of the molecule is C=C(C)CN1CCCCC1CNC(C)(C)C. The number of hydrogen-bond acceptors (Lipinski definition) is 2. The van der Waals surface area contributed by atoms with E-state index in [9.17, 15) is 0 Å². The first-order chi connectivity index (χ1) is 7.38.